The predicted molar refractivity (Wildman–Crippen MR) is 232 cm³/mol. The molecular weight excluding hydrogens is 703 g/mol. The van der Waals surface area contributed by atoms with E-state index in [0.29, 0.717) is 11.6 Å². The van der Waals surface area contributed by atoms with Gasteiger partial charge in [0.2, 0.25) is 5.78 Å². The first-order chi connectivity index (χ1) is 39.9. The smallest absolute Gasteiger partial charge is 0.289 e. The third-order valence-corrected chi connectivity index (χ3v) is 10.8. The summed E-state index contributed by atoms with van der Waals surface area (Å²) in [6.07, 6.45) is 0. The molecular formula is C49H29BN4OS. The van der Waals surface area contributed by atoms with Crippen molar-refractivity contribution >= 4 is 78.2 Å². The van der Waals surface area contributed by atoms with E-state index in [0.717, 1.165) is 13.5 Å². The second kappa shape index (κ2) is 11.3. The summed E-state index contributed by atoms with van der Waals surface area (Å²) in [6, 6.07) is -23.9. The molecule has 0 unspecified atom stereocenters. The quantitative estimate of drug-likeness (QED) is 0.168. The van der Waals surface area contributed by atoms with Gasteiger partial charge in [0.1, 0.15) is 11.5 Å². The molecule has 0 aliphatic carbocycles. The first kappa shape index (κ1) is 14.0. The first-order valence-electron chi connectivity index (χ1n) is 31.1. The van der Waals surface area contributed by atoms with Gasteiger partial charge in [-0.1, -0.05) is 103 Å². The molecule has 56 heavy (non-hydrogen) atoms. The lowest BCUT2D eigenvalue weighted by atomic mass is 9.57. The highest BCUT2D eigenvalue weighted by Gasteiger charge is 2.39. The Labute approximate surface area is 366 Å². The monoisotopic (exact) mass is 761 g/mol. The summed E-state index contributed by atoms with van der Waals surface area (Å²) < 4.78 is 273. The summed E-state index contributed by atoms with van der Waals surface area (Å²) in [6.45, 7) is 0. The Bertz CT molecular complexity index is 5080. The number of rotatable bonds is 3. The van der Waals surface area contributed by atoms with Gasteiger partial charge in [-0.3, -0.25) is 8.97 Å². The second-order valence-electron chi connectivity index (χ2n) is 12.5. The largest absolute Gasteiger partial charge is 0.458 e. The average molecular weight is 762 g/mol. The van der Waals surface area contributed by atoms with Crippen LogP contribution in [0.25, 0.3) is 83.3 Å². The summed E-state index contributed by atoms with van der Waals surface area (Å²) in [4.78, 5) is 4.28. The summed E-state index contributed by atoms with van der Waals surface area (Å²) in [5.41, 5.74) is -7.33. The minimum absolute atomic E-state index is 0.214. The number of ether oxygens (including phenoxy) is 1. The van der Waals surface area contributed by atoms with Gasteiger partial charge in [0.25, 0.3) is 5.99 Å². The molecule has 0 spiro atoms. The van der Waals surface area contributed by atoms with Gasteiger partial charge in [0.05, 0.1) is 78.5 Å². The van der Waals surface area contributed by atoms with Crippen molar-refractivity contribution in [3.05, 3.63) is 175 Å². The topological polar surface area (TPSA) is 36.4 Å². The maximum absolute atomic E-state index is 10.1. The van der Waals surface area contributed by atoms with Gasteiger partial charge in [-0.05, 0) is 99.6 Å². The standard InChI is InChI=1S/C49H29BN4OS/c1-5-18-40-34(14-1)35-15-2-6-19-41(35)52(40)32-13-11-12-30(26-32)31-24-25-38-45(27-31)55-46-29-33(28-37-36-16-3-10-23-47(36)56-50(38)48(37)46)53-43-21-8-9-22-44(43)54-42-20-7-4-17-39(42)51-49(53)54/h1-29H/i1D,2D,3D,4D,5D,6D,7D,8D,9D,10D,11D,12D,13D,14D,15D,16D,17D,18D,19D,20D,21D,22D,23D,24D,25D,26D,27D,28D,29D. The second-order valence-corrected chi connectivity index (χ2v) is 13.6. The maximum atomic E-state index is 10.1. The highest BCUT2D eigenvalue weighted by molar-refractivity contribution is 8.28. The number of hydrogen-bond acceptors (Lipinski definition) is 3. The molecule has 5 heterocycles. The summed E-state index contributed by atoms with van der Waals surface area (Å²) in [7, 11) is 0. The molecule has 2 aliphatic rings. The lowest BCUT2D eigenvalue weighted by molar-refractivity contribution is 0.488. The molecule has 0 bridgehead atoms. The van der Waals surface area contributed by atoms with Crippen molar-refractivity contribution < 1.29 is 44.5 Å². The van der Waals surface area contributed by atoms with E-state index in [1.807, 2.05) is 0 Å². The highest BCUT2D eigenvalue weighted by Crippen LogP contribution is 2.45. The van der Waals surface area contributed by atoms with Crippen LogP contribution in [0, 0.1) is 0 Å². The number of fused-ring (bicyclic) bond motifs is 12. The van der Waals surface area contributed by atoms with Crippen LogP contribution in [0.1, 0.15) is 39.8 Å². The summed E-state index contributed by atoms with van der Waals surface area (Å²) >= 11 is 0.669. The fourth-order valence-corrected chi connectivity index (χ4v) is 8.53. The molecule has 5 nitrogen and oxygen atoms in total. The zero-order chi connectivity index (χ0) is 61.7. The van der Waals surface area contributed by atoms with Crippen molar-refractivity contribution in [1.82, 2.24) is 18.5 Å². The Kier molecular flexibility index (Phi) is 2.82. The minimum Gasteiger partial charge on any atom is -0.458 e. The number of benzene rings is 8. The van der Waals surface area contributed by atoms with E-state index in [4.69, 9.17) is 29.4 Å². The van der Waals surface area contributed by atoms with Crippen molar-refractivity contribution in [2.24, 2.45) is 0 Å². The fraction of sp³-hybridized carbons (Fsp3) is 0. The van der Waals surface area contributed by atoms with E-state index in [-0.39, 0.29) is 26.9 Å². The summed E-state index contributed by atoms with van der Waals surface area (Å²) in [5.74, 6) is -3.34. The van der Waals surface area contributed by atoms with Crippen LogP contribution >= 0.6 is 11.6 Å². The van der Waals surface area contributed by atoms with Crippen molar-refractivity contribution in [2.75, 3.05) is 0 Å². The molecule has 11 aromatic rings. The molecule has 0 atom stereocenters. The Morgan fingerprint density at radius 1 is 0.518 bits per heavy atom. The van der Waals surface area contributed by atoms with Gasteiger partial charge in [-0.15, -0.1) is 0 Å². The molecule has 0 radical (unpaired) electrons. The van der Waals surface area contributed by atoms with Crippen LogP contribution in [-0.4, -0.2) is 24.5 Å². The zero-order valence-electron chi connectivity index (χ0n) is 56.7. The molecule has 2 aliphatic heterocycles. The van der Waals surface area contributed by atoms with Crippen molar-refractivity contribution in [3.63, 3.8) is 0 Å². The molecule has 0 saturated carbocycles. The van der Waals surface area contributed by atoms with Gasteiger partial charge in [0, 0.05) is 27.4 Å². The number of hydrogen-bond donors (Lipinski definition) is 0. The van der Waals surface area contributed by atoms with Crippen LogP contribution in [0.2, 0.25) is 0 Å². The van der Waals surface area contributed by atoms with Crippen molar-refractivity contribution in [2.45, 2.75) is 4.90 Å². The molecule has 0 fully saturated rings. The molecule has 8 aromatic carbocycles. The van der Waals surface area contributed by atoms with Gasteiger partial charge >= 0.3 is 0 Å². The van der Waals surface area contributed by atoms with Gasteiger partial charge in [-0.25, -0.2) is 4.98 Å². The van der Waals surface area contributed by atoms with Crippen LogP contribution in [-0.2, 0) is 0 Å². The SMILES string of the molecule is [2H]c1c([2H])c([2H])c2c(c1[2H])SB1c3c([2H])c([2H])c(-c4c([2H])c([2H])c([2H])c(-n5c6c([2H])c([2H])c([2H])c([2H])c6c6c([2H])c([2H])c([2H])c([2H])c65)c4[2H])c([2H])c3Oc3c([2H])c(-n4c5c([2H])c([2H])c([2H])c([2H])c5n5c6c([2H])c([2H])c([2H])c([2H])c6nc45)c([2H])c-2c31. The zero-order valence-corrected chi connectivity index (χ0v) is 28.5. The van der Waals surface area contributed by atoms with Gasteiger partial charge < -0.3 is 9.30 Å². The Hall–Kier alpha value is -6.96. The first-order valence-corrected chi connectivity index (χ1v) is 17.5. The van der Waals surface area contributed by atoms with Crippen LogP contribution in [0.5, 0.6) is 11.5 Å². The van der Waals surface area contributed by atoms with Crippen LogP contribution in [0.3, 0.4) is 0 Å². The summed E-state index contributed by atoms with van der Waals surface area (Å²) in [5, 5.41) is -0.935. The number of para-hydroxylation sites is 6. The van der Waals surface area contributed by atoms with Gasteiger partial charge in [-0.2, -0.15) is 11.6 Å². The highest BCUT2D eigenvalue weighted by atomic mass is 32.2. The third kappa shape index (κ3) is 4.15. The van der Waals surface area contributed by atoms with Crippen LogP contribution in [0.15, 0.2) is 180 Å². The molecule has 0 amide bonds. The molecule has 7 heteroatoms. The van der Waals surface area contributed by atoms with Gasteiger partial charge in [0.15, 0.2) is 0 Å². The van der Waals surface area contributed by atoms with Crippen molar-refractivity contribution in [1.29, 1.82) is 0 Å². The van der Waals surface area contributed by atoms with E-state index in [1.165, 1.54) is 0 Å². The van der Waals surface area contributed by atoms with Crippen LogP contribution < -0.4 is 15.7 Å². The fourth-order valence-electron chi connectivity index (χ4n) is 7.28. The molecule has 260 valence electrons. The Morgan fingerprint density at radius 3 is 2.05 bits per heavy atom. The minimum atomic E-state index is -1.53. The molecule has 13 rings (SSSR count). The normalized spacial score (nSPS) is 20.3. The Balaban J connectivity index is 1.16. The lowest BCUT2D eigenvalue weighted by Gasteiger charge is -2.33. The average Bonchev–Trinajstić information content (AvgIpc) is 1.78. The Morgan fingerprint density at radius 2 is 1.21 bits per heavy atom. The maximum Gasteiger partial charge on any atom is 0.289 e. The van der Waals surface area contributed by atoms with E-state index >= 15 is 0 Å². The number of nitrogens with zero attached hydrogens (tertiary/aromatic N) is 4. The third-order valence-electron chi connectivity index (χ3n) is 9.58. The van der Waals surface area contributed by atoms with E-state index in [2.05, 4.69) is 4.98 Å². The van der Waals surface area contributed by atoms with E-state index < -0.39 is 265 Å². The lowest BCUT2D eigenvalue weighted by Crippen LogP contribution is -2.46. The number of aromatic nitrogens is 4. The van der Waals surface area contributed by atoms with Crippen molar-refractivity contribution in [3.8, 4) is 45.1 Å². The molecule has 3 aromatic heterocycles. The van der Waals surface area contributed by atoms with E-state index in [9.17, 15) is 15.1 Å². The predicted octanol–water partition coefficient (Wildman–Crippen LogP) is 11.2. The molecule has 0 saturated heterocycles. The molecule has 0 N–H and O–H groups in total. The number of imidazole rings is 2. The van der Waals surface area contributed by atoms with Crippen LogP contribution in [0.4, 0.5) is 0 Å². The van der Waals surface area contributed by atoms with E-state index in [1.54, 1.807) is 0 Å².